The fourth-order valence-electron chi connectivity index (χ4n) is 1.77. The average Bonchev–Trinajstić information content (AvgIpc) is 2.12. The third-order valence-corrected chi connectivity index (χ3v) is 2.54. The molecule has 92 valence electrons. The minimum Gasteiger partial charge on any atom is -0.354 e. The summed E-state index contributed by atoms with van der Waals surface area (Å²) in [6.07, 6.45) is 1.06. The van der Waals surface area contributed by atoms with Gasteiger partial charge in [0, 0.05) is 6.54 Å². The van der Waals surface area contributed by atoms with Crippen LogP contribution in [0.2, 0.25) is 0 Å². The summed E-state index contributed by atoms with van der Waals surface area (Å²) in [5.74, 6) is 0.419. The Bertz CT molecular complexity index is 285. The maximum Gasteiger partial charge on any atom is 0.239 e. The molecule has 0 aliphatic rings. The van der Waals surface area contributed by atoms with Crippen molar-refractivity contribution in [3.8, 4) is 6.07 Å². The molecule has 0 aliphatic heterocycles. The van der Waals surface area contributed by atoms with Gasteiger partial charge >= 0.3 is 0 Å². The zero-order valence-corrected chi connectivity index (χ0v) is 11.3. The predicted molar refractivity (Wildman–Crippen MR) is 65.6 cm³/mol. The number of carbonyl (C=O) groups is 1. The fraction of sp³-hybridized carbons (Fsp3) is 0.846. The van der Waals surface area contributed by atoms with Gasteiger partial charge in [0.2, 0.25) is 5.91 Å². The molecule has 16 heavy (non-hydrogen) atoms. The van der Waals surface area contributed by atoms with Crippen molar-refractivity contribution in [1.29, 1.82) is 5.26 Å². The summed E-state index contributed by atoms with van der Waals surface area (Å²) in [4.78, 5) is 11.7. The number of nitrogens with one attached hydrogen (secondary N) is 1. The lowest BCUT2D eigenvalue weighted by Crippen LogP contribution is -2.41. The van der Waals surface area contributed by atoms with Gasteiger partial charge in [0.15, 0.2) is 0 Å². The number of rotatable bonds is 5. The van der Waals surface area contributed by atoms with Gasteiger partial charge in [-0.25, -0.2) is 0 Å². The van der Waals surface area contributed by atoms with Crippen molar-refractivity contribution in [2.75, 3.05) is 6.54 Å². The molecule has 0 aliphatic carbocycles. The number of nitriles is 1. The molecule has 0 aromatic heterocycles. The first kappa shape index (κ1) is 15.0. The largest absolute Gasteiger partial charge is 0.354 e. The highest BCUT2D eigenvalue weighted by Crippen LogP contribution is 2.24. The summed E-state index contributed by atoms with van der Waals surface area (Å²) in [5.41, 5.74) is -0.858. The molecule has 0 rings (SSSR count). The van der Waals surface area contributed by atoms with Crippen LogP contribution in [0.1, 0.15) is 48.0 Å². The monoisotopic (exact) mass is 224 g/mol. The summed E-state index contributed by atoms with van der Waals surface area (Å²) in [6.45, 7) is 12.5. The summed E-state index contributed by atoms with van der Waals surface area (Å²) in [7, 11) is 0. The summed E-state index contributed by atoms with van der Waals surface area (Å²) >= 11 is 0. The van der Waals surface area contributed by atoms with Crippen LogP contribution in [0, 0.1) is 28.1 Å². The van der Waals surface area contributed by atoms with Crippen molar-refractivity contribution in [3.05, 3.63) is 0 Å². The van der Waals surface area contributed by atoms with Crippen molar-refractivity contribution in [1.82, 2.24) is 5.32 Å². The van der Waals surface area contributed by atoms with E-state index in [4.69, 9.17) is 5.26 Å². The van der Waals surface area contributed by atoms with E-state index in [-0.39, 0.29) is 11.3 Å². The van der Waals surface area contributed by atoms with E-state index in [1.807, 2.05) is 6.07 Å². The van der Waals surface area contributed by atoms with Gasteiger partial charge in [-0.1, -0.05) is 27.7 Å². The van der Waals surface area contributed by atoms with Crippen molar-refractivity contribution in [2.24, 2.45) is 16.7 Å². The lowest BCUT2D eigenvalue weighted by molar-refractivity contribution is -0.127. The van der Waals surface area contributed by atoms with Crippen LogP contribution in [-0.2, 0) is 4.79 Å². The average molecular weight is 224 g/mol. The highest BCUT2D eigenvalue weighted by molar-refractivity contribution is 5.84. The first-order valence-electron chi connectivity index (χ1n) is 5.80. The van der Waals surface area contributed by atoms with Crippen molar-refractivity contribution in [3.63, 3.8) is 0 Å². The van der Waals surface area contributed by atoms with Crippen LogP contribution >= 0.6 is 0 Å². The van der Waals surface area contributed by atoms with E-state index in [2.05, 4.69) is 33.0 Å². The van der Waals surface area contributed by atoms with Crippen LogP contribution in [0.4, 0.5) is 0 Å². The number of nitrogens with zero attached hydrogens (tertiary/aromatic N) is 1. The molecule has 0 radical (unpaired) electrons. The number of carbonyl (C=O) groups excluding carboxylic acids is 1. The van der Waals surface area contributed by atoms with Crippen molar-refractivity contribution >= 4 is 5.91 Å². The number of hydrogen-bond acceptors (Lipinski definition) is 2. The molecule has 0 spiro atoms. The zero-order chi connectivity index (χ0) is 13.0. The Morgan fingerprint density at radius 2 is 1.81 bits per heavy atom. The first-order valence-corrected chi connectivity index (χ1v) is 5.80. The Morgan fingerprint density at radius 3 is 2.19 bits per heavy atom. The van der Waals surface area contributed by atoms with E-state index in [0.717, 1.165) is 6.42 Å². The summed E-state index contributed by atoms with van der Waals surface area (Å²) in [5, 5.41) is 11.7. The zero-order valence-electron chi connectivity index (χ0n) is 11.3. The highest BCUT2D eigenvalue weighted by atomic mass is 16.2. The molecule has 0 aromatic carbocycles. The van der Waals surface area contributed by atoms with E-state index >= 15 is 0 Å². The van der Waals surface area contributed by atoms with Crippen LogP contribution < -0.4 is 5.32 Å². The van der Waals surface area contributed by atoms with Gasteiger partial charge < -0.3 is 5.32 Å². The van der Waals surface area contributed by atoms with E-state index in [0.29, 0.717) is 12.5 Å². The van der Waals surface area contributed by atoms with Gasteiger partial charge in [0.25, 0.3) is 0 Å². The second-order valence-corrected chi connectivity index (χ2v) is 6.18. The molecule has 0 unspecified atom stereocenters. The smallest absolute Gasteiger partial charge is 0.239 e. The molecular weight excluding hydrogens is 200 g/mol. The van der Waals surface area contributed by atoms with E-state index in [9.17, 15) is 4.79 Å². The fourth-order valence-corrected chi connectivity index (χ4v) is 1.77. The molecule has 0 atom stereocenters. The van der Waals surface area contributed by atoms with E-state index < -0.39 is 5.41 Å². The molecule has 0 heterocycles. The van der Waals surface area contributed by atoms with E-state index in [1.54, 1.807) is 13.8 Å². The molecule has 1 amide bonds. The Morgan fingerprint density at radius 1 is 1.31 bits per heavy atom. The standard InChI is InChI=1S/C13H24N2O/c1-10(2)7-12(3,4)9-15-11(16)13(5,6)8-14/h10H,7,9H2,1-6H3,(H,15,16). The minimum atomic E-state index is -0.937. The quantitative estimate of drug-likeness (QED) is 0.780. The summed E-state index contributed by atoms with van der Waals surface area (Å²) in [6, 6.07) is 2.01. The van der Waals surface area contributed by atoms with Crippen LogP contribution in [0.25, 0.3) is 0 Å². The van der Waals surface area contributed by atoms with E-state index in [1.165, 1.54) is 0 Å². The number of hydrogen-bond donors (Lipinski definition) is 1. The maximum absolute atomic E-state index is 11.7. The third kappa shape index (κ3) is 5.16. The molecular formula is C13H24N2O. The molecule has 0 bridgehead atoms. The molecule has 0 saturated heterocycles. The second-order valence-electron chi connectivity index (χ2n) is 6.18. The molecule has 0 saturated carbocycles. The molecule has 0 aromatic rings. The molecule has 0 fully saturated rings. The normalized spacial score (nSPS) is 12.4. The SMILES string of the molecule is CC(C)CC(C)(C)CNC(=O)C(C)(C)C#N. The minimum absolute atomic E-state index is 0.0787. The van der Waals surface area contributed by atoms with Gasteiger partial charge in [-0.3, -0.25) is 4.79 Å². The van der Waals surface area contributed by atoms with Gasteiger partial charge in [0.05, 0.1) is 6.07 Å². The Balaban J connectivity index is 4.26. The Hall–Kier alpha value is -1.04. The van der Waals surface area contributed by atoms with Crippen molar-refractivity contribution in [2.45, 2.75) is 48.0 Å². The highest BCUT2D eigenvalue weighted by Gasteiger charge is 2.29. The van der Waals surface area contributed by atoms with Gasteiger partial charge in [-0.05, 0) is 31.6 Å². The molecule has 1 N–H and O–H groups in total. The Labute approximate surface area is 99.2 Å². The Kier molecular flexibility index (Phi) is 4.99. The maximum atomic E-state index is 11.7. The number of amides is 1. The predicted octanol–water partition coefficient (Wildman–Crippen LogP) is 2.72. The van der Waals surface area contributed by atoms with Crippen LogP contribution in [0.5, 0.6) is 0 Å². The molecule has 3 heteroatoms. The van der Waals surface area contributed by atoms with Gasteiger partial charge in [-0.15, -0.1) is 0 Å². The molecule has 3 nitrogen and oxygen atoms in total. The van der Waals surface area contributed by atoms with Gasteiger partial charge in [0.1, 0.15) is 5.41 Å². The second kappa shape index (κ2) is 5.34. The van der Waals surface area contributed by atoms with Crippen molar-refractivity contribution < 1.29 is 4.79 Å². The van der Waals surface area contributed by atoms with Gasteiger partial charge in [-0.2, -0.15) is 5.26 Å². The topological polar surface area (TPSA) is 52.9 Å². The lowest BCUT2D eigenvalue weighted by atomic mass is 9.83. The van der Waals surface area contributed by atoms with Crippen LogP contribution in [0.3, 0.4) is 0 Å². The third-order valence-electron chi connectivity index (χ3n) is 2.54. The lowest BCUT2D eigenvalue weighted by Gasteiger charge is -2.28. The first-order chi connectivity index (χ1) is 7.10. The van der Waals surface area contributed by atoms with Crippen LogP contribution in [-0.4, -0.2) is 12.5 Å². The summed E-state index contributed by atoms with van der Waals surface area (Å²) < 4.78 is 0. The van der Waals surface area contributed by atoms with Crippen LogP contribution in [0.15, 0.2) is 0 Å².